The number of nitrogens with zero attached hydrogens (tertiary/aromatic N) is 1. The number of β-amino-alcohol motifs (C(OH)–C–C–N with tert-alkyl or cyclic N) is 1. The Labute approximate surface area is 120 Å². The molecule has 0 amide bonds. The molecule has 108 valence electrons. The summed E-state index contributed by atoms with van der Waals surface area (Å²) in [6, 6.07) is 7.69. The molecular formula is C16H22N2O2. The van der Waals surface area contributed by atoms with Gasteiger partial charge in [-0.05, 0) is 37.6 Å². The SMILES string of the molecule is CC1(O)CCN(CCOc2ccc(C#CCN)cc2)C1. The largest absolute Gasteiger partial charge is 0.492 e. The molecule has 0 spiro atoms. The average molecular weight is 274 g/mol. The fraction of sp³-hybridized carbons (Fsp3) is 0.500. The standard InChI is InChI=1S/C16H22N2O2/c1-16(19)8-10-18(13-16)11-12-20-15-6-4-14(5-7-15)3-2-9-17/h4-7,19H,8-13,17H2,1H3. The van der Waals surface area contributed by atoms with E-state index in [9.17, 15) is 5.11 Å². The molecule has 1 heterocycles. The zero-order valence-corrected chi connectivity index (χ0v) is 11.9. The Bertz CT molecular complexity index is 485. The molecule has 1 aromatic carbocycles. The average Bonchev–Trinajstić information content (AvgIpc) is 2.77. The second kappa shape index (κ2) is 6.76. The van der Waals surface area contributed by atoms with E-state index in [4.69, 9.17) is 10.5 Å². The molecule has 4 nitrogen and oxygen atoms in total. The highest BCUT2D eigenvalue weighted by Crippen LogP contribution is 2.19. The van der Waals surface area contributed by atoms with Gasteiger partial charge < -0.3 is 15.6 Å². The lowest BCUT2D eigenvalue weighted by Gasteiger charge is -2.18. The van der Waals surface area contributed by atoms with Gasteiger partial charge in [0.2, 0.25) is 0 Å². The zero-order chi connectivity index (χ0) is 14.4. The minimum atomic E-state index is -0.538. The molecule has 2 rings (SSSR count). The number of hydrogen-bond donors (Lipinski definition) is 2. The molecule has 1 saturated heterocycles. The van der Waals surface area contributed by atoms with Gasteiger partial charge in [0, 0.05) is 25.2 Å². The maximum Gasteiger partial charge on any atom is 0.119 e. The van der Waals surface area contributed by atoms with Gasteiger partial charge in [-0.1, -0.05) is 11.8 Å². The van der Waals surface area contributed by atoms with E-state index in [0.717, 1.165) is 37.4 Å². The summed E-state index contributed by atoms with van der Waals surface area (Å²) >= 11 is 0. The van der Waals surface area contributed by atoms with Gasteiger partial charge in [0.25, 0.3) is 0 Å². The van der Waals surface area contributed by atoms with Gasteiger partial charge in [-0.2, -0.15) is 0 Å². The first kappa shape index (κ1) is 14.9. The van der Waals surface area contributed by atoms with Crippen LogP contribution >= 0.6 is 0 Å². The van der Waals surface area contributed by atoms with E-state index in [0.29, 0.717) is 13.2 Å². The molecule has 1 aromatic rings. The van der Waals surface area contributed by atoms with Crippen molar-refractivity contribution in [3.8, 4) is 17.6 Å². The summed E-state index contributed by atoms with van der Waals surface area (Å²) in [4.78, 5) is 2.22. The minimum absolute atomic E-state index is 0.373. The van der Waals surface area contributed by atoms with Gasteiger partial charge in [0.1, 0.15) is 12.4 Å². The van der Waals surface area contributed by atoms with E-state index in [2.05, 4.69) is 16.7 Å². The third kappa shape index (κ3) is 4.53. The molecule has 0 saturated carbocycles. The summed E-state index contributed by atoms with van der Waals surface area (Å²) in [5, 5.41) is 9.88. The highest BCUT2D eigenvalue weighted by atomic mass is 16.5. The second-order valence-corrected chi connectivity index (χ2v) is 5.40. The van der Waals surface area contributed by atoms with Gasteiger partial charge in [-0.3, -0.25) is 4.90 Å². The lowest BCUT2D eigenvalue weighted by molar-refractivity contribution is 0.0670. The van der Waals surface area contributed by atoms with Gasteiger partial charge in [-0.15, -0.1) is 0 Å². The van der Waals surface area contributed by atoms with Gasteiger partial charge in [0.05, 0.1) is 12.1 Å². The van der Waals surface area contributed by atoms with E-state index in [1.807, 2.05) is 31.2 Å². The number of rotatable bonds is 4. The Balaban J connectivity index is 1.74. The fourth-order valence-electron chi connectivity index (χ4n) is 2.31. The number of aliphatic hydroxyl groups is 1. The summed E-state index contributed by atoms with van der Waals surface area (Å²) in [6.45, 7) is 5.38. The number of nitrogens with two attached hydrogens (primary N) is 1. The van der Waals surface area contributed by atoms with E-state index in [-0.39, 0.29) is 0 Å². The summed E-state index contributed by atoms with van der Waals surface area (Å²) in [6.07, 6.45) is 0.835. The third-order valence-electron chi connectivity index (χ3n) is 3.40. The smallest absolute Gasteiger partial charge is 0.119 e. The summed E-state index contributed by atoms with van der Waals surface area (Å²) in [5.41, 5.74) is 5.73. The van der Waals surface area contributed by atoms with Crippen LogP contribution in [0.25, 0.3) is 0 Å². The second-order valence-electron chi connectivity index (χ2n) is 5.40. The Morgan fingerprint density at radius 2 is 2.15 bits per heavy atom. The Morgan fingerprint density at radius 3 is 2.75 bits per heavy atom. The molecule has 1 atom stereocenters. The van der Waals surface area contributed by atoms with Crippen molar-refractivity contribution in [3.63, 3.8) is 0 Å². The molecule has 0 aromatic heterocycles. The molecule has 1 aliphatic rings. The van der Waals surface area contributed by atoms with E-state index >= 15 is 0 Å². The van der Waals surface area contributed by atoms with Crippen molar-refractivity contribution in [2.75, 3.05) is 32.8 Å². The predicted molar refractivity (Wildman–Crippen MR) is 79.6 cm³/mol. The molecule has 1 aliphatic heterocycles. The number of likely N-dealkylation sites (tertiary alicyclic amines) is 1. The number of benzene rings is 1. The quantitative estimate of drug-likeness (QED) is 0.799. The van der Waals surface area contributed by atoms with Crippen LogP contribution in [-0.2, 0) is 0 Å². The predicted octanol–water partition coefficient (Wildman–Crippen LogP) is 0.832. The lowest BCUT2D eigenvalue weighted by atomic mass is 10.1. The molecule has 20 heavy (non-hydrogen) atoms. The Kier molecular flexibility index (Phi) is 5.02. The first-order chi connectivity index (χ1) is 9.59. The molecule has 0 aliphatic carbocycles. The molecule has 4 heteroatoms. The van der Waals surface area contributed by atoms with Crippen LogP contribution in [0, 0.1) is 11.8 Å². The van der Waals surface area contributed by atoms with Crippen LogP contribution in [-0.4, -0.2) is 48.4 Å². The van der Waals surface area contributed by atoms with Gasteiger partial charge in [0.15, 0.2) is 0 Å². The summed E-state index contributed by atoms with van der Waals surface area (Å²) < 4.78 is 5.70. The van der Waals surface area contributed by atoms with Crippen LogP contribution in [0.2, 0.25) is 0 Å². The maximum atomic E-state index is 9.88. The highest BCUT2D eigenvalue weighted by Gasteiger charge is 2.30. The first-order valence-electron chi connectivity index (χ1n) is 6.96. The van der Waals surface area contributed by atoms with Crippen molar-refractivity contribution >= 4 is 0 Å². The molecule has 0 radical (unpaired) electrons. The molecule has 0 bridgehead atoms. The maximum absolute atomic E-state index is 9.88. The molecule has 1 fully saturated rings. The lowest BCUT2D eigenvalue weighted by Crippen LogP contribution is -2.32. The molecular weight excluding hydrogens is 252 g/mol. The summed E-state index contributed by atoms with van der Waals surface area (Å²) in [5.74, 6) is 6.64. The van der Waals surface area contributed by atoms with E-state index in [1.54, 1.807) is 0 Å². The van der Waals surface area contributed by atoms with Crippen LogP contribution < -0.4 is 10.5 Å². The third-order valence-corrected chi connectivity index (χ3v) is 3.40. The fourth-order valence-corrected chi connectivity index (χ4v) is 2.31. The monoisotopic (exact) mass is 274 g/mol. The minimum Gasteiger partial charge on any atom is -0.492 e. The van der Waals surface area contributed by atoms with Crippen LogP contribution in [0.4, 0.5) is 0 Å². The normalized spacial score (nSPS) is 22.4. The van der Waals surface area contributed by atoms with Crippen LogP contribution in [0.15, 0.2) is 24.3 Å². The van der Waals surface area contributed by atoms with Crippen LogP contribution in [0.1, 0.15) is 18.9 Å². The van der Waals surface area contributed by atoms with Gasteiger partial charge in [-0.25, -0.2) is 0 Å². The Hall–Kier alpha value is -1.54. The van der Waals surface area contributed by atoms with E-state index < -0.39 is 5.60 Å². The van der Waals surface area contributed by atoms with Crippen molar-refractivity contribution in [1.82, 2.24) is 4.90 Å². The van der Waals surface area contributed by atoms with Crippen LogP contribution in [0.5, 0.6) is 5.75 Å². The number of hydrogen-bond acceptors (Lipinski definition) is 4. The van der Waals surface area contributed by atoms with Crippen LogP contribution in [0.3, 0.4) is 0 Å². The van der Waals surface area contributed by atoms with Gasteiger partial charge >= 0.3 is 0 Å². The van der Waals surface area contributed by atoms with Crippen molar-refractivity contribution < 1.29 is 9.84 Å². The summed E-state index contributed by atoms with van der Waals surface area (Å²) in [7, 11) is 0. The Morgan fingerprint density at radius 1 is 1.40 bits per heavy atom. The highest BCUT2D eigenvalue weighted by molar-refractivity contribution is 5.38. The molecule has 1 unspecified atom stereocenters. The zero-order valence-electron chi connectivity index (χ0n) is 11.9. The number of ether oxygens (including phenoxy) is 1. The first-order valence-corrected chi connectivity index (χ1v) is 6.96. The topological polar surface area (TPSA) is 58.7 Å². The van der Waals surface area contributed by atoms with Crippen molar-refractivity contribution in [1.29, 1.82) is 0 Å². The van der Waals surface area contributed by atoms with E-state index in [1.165, 1.54) is 0 Å². The van der Waals surface area contributed by atoms with Crippen molar-refractivity contribution in [2.45, 2.75) is 18.9 Å². The van der Waals surface area contributed by atoms with Crippen molar-refractivity contribution in [2.24, 2.45) is 5.73 Å². The molecule has 3 N–H and O–H groups in total. The van der Waals surface area contributed by atoms with Crippen molar-refractivity contribution in [3.05, 3.63) is 29.8 Å².